The normalized spacial score (nSPS) is 9.60. The van der Waals surface area contributed by atoms with Crippen molar-refractivity contribution in [2.45, 2.75) is 6.42 Å². The van der Waals surface area contributed by atoms with Crippen molar-refractivity contribution in [2.75, 3.05) is 10.2 Å². The molecule has 0 saturated heterocycles. The molecule has 0 aliphatic carbocycles. The van der Waals surface area contributed by atoms with Crippen molar-refractivity contribution in [3.8, 4) is 0 Å². The highest BCUT2D eigenvalue weighted by atomic mass is 16.3. The second-order valence-corrected chi connectivity index (χ2v) is 4.70. The maximum Gasteiger partial charge on any atom is 0.249 e. The van der Waals surface area contributed by atoms with Gasteiger partial charge in [0.25, 0.3) is 0 Å². The van der Waals surface area contributed by atoms with Crippen molar-refractivity contribution >= 4 is 23.2 Å². The van der Waals surface area contributed by atoms with Gasteiger partial charge in [-0.3, -0.25) is 9.59 Å². The van der Waals surface area contributed by atoms with E-state index in [9.17, 15) is 19.4 Å². The number of carbonyl (C=O) groups excluding carboxylic acids is 2. The van der Waals surface area contributed by atoms with Gasteiger partial charge in [0.1, 0.15) is 6.42 Å². The Morgan fingerprint density at radius 1 is 0.720 bits per heavy atom. The largest absolute Gasteiger partial charge is 0.273 e. The molecule has 0 fully saturated rings. The summed E-state index contributed by atoms with van der Waals surface area (Å²) in [7, 11) is 0. The lowest BCUT2D eigenvalue weighted by Gasteiger charge is -2.17. The first-order valence-corrected chi connectivity index (χ1v) is 7.10. The molecule has 0 unspecified atom stereocenters. The molecule has 0 radical (unpaired) electrons. The van der Waals surface area contributed by atoms with Crippen LogP contribution in [0.5, 0.6) is 0 Å². The van der Waals surface area contributed by atoms with Crippen molar-refractivity contribution in [1.82, 2.24) is 10.9 Å². The van der Waals surface area contributed by atoms with Gasteiger partial charge in [-0.1, -0.05) is 36.4 Å². The summed E-state index contributed by atoms with van der Waals surface area (Å²) in [6, 6.07) is 16.3. The highest BCUT2D eigenvalue weighted by molar-refractivity contribution is 5.97. The molecule has 10 heteroatoms. The molecule has 0 saturated carbocycles. The molecule has 0 aromatic heterocycles. The first-order chi connectivity index (χ1) is 12.1. The van der Waals surface area contributed by atoms with Gasteiger partial charge in [-0.05, 0) is 24.3 Å². The number of hydrazine groups is 2. The number of hydrogen-bond acceptors (Lipinski definition) is 6. The summed E-state index contributed by atoms with van der Waals surface area (Å²) in [5.41, 5.74) is 5.00. The van der Waals surface area contributed by atoms with Crippen LogP contribution < -0.4 is 21.1 Å². The van der Waals surface area contributed by atoms with Crippen molar-refractivity contribution in [3.05, 3.63) is 70.5 Å². The number of nitrogens with one attached hydrogen (secondary N) is 2. The first-order valence-electron chi connectivity index (χ1n) is 7.10. The van der Waals surface area contributed by atoms with E-state index in [2.05, 4.69) is 21.4 Å². The second-order valence-electron chi connectivity index (χ2n) is 4.70. The Balaban J connectivity index is 1.92. The maximum atomic E-state index is 11.9. The van der Waals surface area contributed by atoms with E-state index in [0.29, 0.717) is 21.6 Å². The third kappa shape index (κ3) is 5.10. The van der Waals surface area contributed by atoms with Gasteiger partial charge in [-0.25, -0.2) is 10.9 Å². The predicted octanol–water partition coefficient (Wildman–Crippen LogP) is 1.81. The number of para-hydroxylation sites is 2. The monoisotopic (exact) mass is 342 g/mol. The van der Waals surface area contributed by atoms with Crippen LogP contribution in [0.3, 0.4) is 0 Å². The van der Waals surface area contributed by atoms with Crippen LogP contribution in [-0.4, -0.2) is 11.8 Å². The zero-order chi connectivity index (χ0) is 18.1. The summed E-state index contributed by atoms with van der Waals surface area (Å²) >= 11 is 0. The zero-order valence-electron chi connectivity index (χ0n) is 12.9. The highest BCUT2D eigenvalue weighted by Gasteiger charge is 2.17. The van der Waals surface area contributed by atoms with Gasteiger partial charge < -0.3 is 0 Å². The standard InChI is InChI=1S/C15H14N6O4/c22-14(16-20(18-24)12-7-3-1-4-8-12)11-15(23)17-21(19-25)13-9-5-2-6-10-13/h1-10H,11H2,(H,16,22)(H,17,23). The summed E-state index contributed by atoms with van der Waals surface area (Å²) in [5.74, 6) is -1.58. The molecule has 25 heavy (non-hydrogen) atoms. The molecule has 0 heterocycles. The minimum absolute atomic E-state index is 0.326. The summed E-state index contributed by atoms with van der Waals surface area (Å²) < 4.78 is 0. The third-order valence-corrected chi connectivity index (χ3v) is 2.95. The van der Waals surface area contributed by atoms with E-state index in [1.54, 1.807) is 60.7 Å². The molecule has 2 rings (SSSR count). The van der Waals surface area contributed by atoms with Crippen LogP contribution >= 0.6 is 0 Å². The molecule has 2 aromatic rings. The van der Waals surface area contributed by atoms with Crippen molar-refractivity contribution in [1.29, 1.82) is 0 Å². The minimum atomic E-state index is -0.792. The maximum absolute atomic E-state index is 11.9. The number of anilines is 2. The fourth-order valence-electron chi connectivity index (χ4n) is 1.86. The number of hydrogen-bond donors (Lipinski definition) is 2. The SMILES string of the molecule is O=NN(NC(=O)CC(=O)NN(N=O)c1ccccc1)c1ccccc1. The number of carbonyl (C=O) groups is 2. The first kappa shape index (κ1) is 17.5. The van der Waals surface area contributed by atoms with Crippen LogP contribution in [-0.2, 0) is 9.59 Å². The Kier molecular flexibility index (Phi) is 6.11. The van der Waals surface area contributed by atoms with Crippen LogP contribution in [0.15, 0.2) is 71.2 Å². The molecule has 0 bridgehead atoms. The van der Waals surface area contributed by atoms with E-state index in [4.69, 9.17) is 0 Å². The average molecular weight is 342 g/mol. The van der Waals surface area contributed by atoms with E-state index in [0.717, 1.165) is 0 Å². The lowest BCUT2D eigenvalue weighted by atomic mass is 10.3. The molecule has 10 nitrogen and oxygen atoms in total. The third-order valence-electron chi connectivity index (χ3n) is 2.95. The van der Waals surface area contributed by atoms with Gasteiger partial charge in [-0.2, -0.15) is 0 Å². The Bertz CT molecular complexity index is 677. The highest BCUT2D eigenvalue weighted by Crippen LogP contribution is 2.12. The summed E-state index contributed by atoms with van der Waals surface area (Å²) in [6.07, 6.45) is -0.641. The van der Waals surface area contributed by atoms with E-state index < -0.39 is 18.2 Å². The molecule has 0 aliphatic heterocycles. The Hall–Kier alpha value is -3.82. The van der Waals surface area contributed by atoms with Gasteiger partial charge in [0.05, 0.1) is 21.9 Å². The van der Waals surface area contributed by atoms with E-state index >= 15 is 0 Å². The molecule has 2 N–H and O–H groups in total. The van der Waals surface area contributed by atoms with Gasteiger partial charge >= 0.3 is 0 Å². The van der Waals surface area contributed by atoms with Crippen LogP contribution in [0.2, 0.25) is 0 Å². The number of amides is 2. The molecule has 0 spiro atoms. The van der Waals surface area contributed by atoms with Crippen LogP contribution in [0.1, 0.15) is 6.42 Å². The summed E-state index contributed by atoms with van der Waals surface area (Å²) in [5, 5.41) is 6.74. The second kappa shape index (κ2) is 8.72. The Morgan fingerprint density at radius 3 is 1.40 bits per heavy atom. The Labute approximate surface area is 142 Å². The topological polar surface area (TPSA) is 124 Å². The smallest absolute Gasteiger partial charge is 0.249 e. The van der Waals surface area contributed by atoms with Crippen molar-refractivity contribution in [3.63, 3.8) is 0 Å². The molecule has 0 aliphatic rings. The number of rotatable bonds is 8. The lowest BCUT2D eigenvalue weighted by Crippen LogP contribution is -2.44. The lowest BCUT2D eigenvalue weighted by molar-refractivity contribution is -0.129. The molecule has 2 aromatic carbocycles. The van der Waals surface area contributed by atoms with Gasteiger partial charge in [0.2, 0.25) is 11.8 Å². The summed E-state index contributed by atoms with van der Waals surface area (Å²) in [6.45, 7) is 0. The molecular formula is C15H14N6O4. The van der Waals surface area contributed by atoms with Gasteiger partial charge in [0.15, 0.2) is 0 Å². The number of nitroso groups, excluding NO2 is 2. The fourth-order valence-corrected chi connectivity index (χ4v) is 1.86. The van der Waals surface area contributed by atoms with Crippen LogP contribution in [0.25, 0.3) is 0 Å². The van der Waals surface area contributed by atoms with Gasteiger partial charge in [0, 0.05) is 0 Å². The minimum Gasteiger partial charge on any atom is -0.273 e. The van der Waals surface area contributed by atoms with Crippen molar-refractivity contribution < 1.29 is 9.59 Å². The molecule has 0 atom stereocenters. The van der Waals surface area contributed by atoms with Crippen LogP contribution in [0, 0.1) is 9.81 Å². The zero-order valence-corrected chi connectivity index (χ0v) is 12.9. The average Bonchev–Trinajstić information content (AvgIpc) is 2.65. The van der Waals surface area contributed by atoms with Crippen molar-refractivity contribution in [2.24, 2.45) is 10.6 Å². The molecule has 2 amide bonds. The molecular weight excluding hydrogens is 328 g/mol. The summed E-state index contributed by atoms with van der Waals surface area (Å²) in [4.78, 5) is 45.4. The van der Waals surface area contributed by atoms with E-state index in [1.807, 2.05) is 0 Å². The van der Waals surface area contributed by atoms with Crippen LogP contribution in [0.4, 0.5) is 11.4 Å². The molecule has 128 valence electrons. The number of nitrogens with zero attached hydrogens (tertiary/aromatic N) is 4. The van der Waals surface area contributed by atoms with Gasteiger partial charge in [-0.15, -0.1) is 20.0 Å². The Morgan fingerprint density at radius 2 is 1.08 bits per heavy atom. The van der Waals surface area contributed by atoms with E-state index in [1.165, 1.54) is 0 Å². The fraction of sp³-hybridized carbons (Fsp3) is 0.0667. The van der Waals surface area contributed by atoms with E-state index in [-0.39, 0.29) is 0 Å². The quantitative estimate of drug-likeness (QED) is 0.428. The number of benzene rings is 2. The predicted molar refractivity (Wildman–Crippen MR) is 90.3 cm³/mol.